The quantitative estimate of drug-likeness (QED) is 0.782. The van der Waals surface area contributed by atoms with E-state index in [2.05, 4.69) is 22.5 Å². The van der Waals surface area contributed by atoms with Gasteiger partial charge in [0.15, 0.2) is 0 Å². The number of nitrogens with zero attached hydrogens (tertiary/aromatic N) is 1. The highest BCUT2D eigenvalue weighted by atomic mass is 32.1. The van der Waals surface area contributed by atoms with Crippen molar-refractivity contribution < 1.29 is 9.90 Å². The van der Waals surface area contributed by atoms with Crippen LogP contribution in [0.4, 0.5) is 4.79 Å². The first-order valence-corrected chi connectivity index (χ1v) is 8.48. The van der Waals surface area contributed by atoms with Gasteiger partial charge in [0.25, 0.3) is 0 Å². The molecule has 2 amide bonds. The van der Waals surface area contributed by atoms with Gasteiger partial charge in [-0.25, -0.2) is 9.78 Å². The normalized spacial score (nSPS) is 25.6. The Bertz CT molecular complexity index is 477. The van der Waals surface area contributed by atoms with Crippen LogP contribution in [0.3, 0.4) is 0 Å². The zero-order valence-corrected chi connectivity index (χ0v) is 13.6. The number of aryl methyl sites for hydroxylation is 1. The van der Waals surface area contributed by atoms with E-state index in [9.17, 15) is 9.90 Å². The number of aromatic nitrogens is 1. The Kier molecular flexibility index (Phi) is 5.58. The summed E-state index contributed by atoms with van der Waals surface area (Å²) in [6.07, 6.45) is 6.50. The van der Waals surface area contributed by atoms with Crippen LogP contribution in [0.15, 0.2) is 6.20 Å². The lowest BCUT2D eigenvalue weighted by atomic mass is 9.73. The smallest absolute Gasteiger partial charge is 0.315 e. The number of rotatable bonds is 5. The van der Waals surface area contributed by atoms with E-state index in [0.717, 1.165) is 37.1 Å². The standard InChI is InChI=1S/C15H25N3O2S/c1-3-11-8-16-13(21-11)9-17-14(20)18-10-15(2)7-5-4-6-12(15)19/h8,12,19H,3-7,9-10H2,1-2H3,(H2,17,18,20). The molecule has 21 heavy (non-hydrogen) atoms. The van der Waals surface area contributed by atoms with E-state index in [0.29, 0.717) is 13.1 Å². The molecule has 2 rings (SSSR count). The minimum Gasteiger partial charge on any atom is -0.392 e. The molecule has 1 aliphatic carbocycles. The van der Waals surface area contributed by atoms with Gasteiger partial charge < -0.3 is 15.7 Å². The summed E-state index contributed by atoms with van der Waals surface area (Å²) in [5, 5.41) is 16.7. The molecule has 118 valence electrons. The Morgan fingerprint density at radius 1 is 1.52 bits per heavy atom. The summed E-state index contributed by atoms with van der Waals surface area (Å²) in [7, 11) is 0. The molecule has 0 saturated heterocycles. The van der Waals surface area contributed by atoms with Gasteiger partial charge in [0, 0.05) is 23.0 Å². The lowest BCUT2D eigenvalue weighted by Crippen LogP contribution is -2.47. The van der Waals surface area contributed by atoms with Crippen LogP contribution in [0.2, 0.25) is 0 Å². The van der Waals surface area contributed by atoms with Crippen LogP contribution in [-0.4, -0.2) is 28.8 Å². The summed E-state index contributed by atoms with van der Waals surface area (Å²) in [4.78, 5) is 17.4. The number of amides is 2. The SMILES string of the molecule is CCc1cnc(CNC(=O)NCC2(C)CCCCC2O)s1. The monoisotopic (exact) mass is 311 g/mol. The summed E-state index contributed by atoms with van der Waals surface area (Å²) in [6.45, 7) is 5.10. The summed E-state index contributed by atoms with van der Waals surface area (Å²) < 4.78 is 0. The van der Waals surface area contributed by atoms with Gasteiger partial charge in [0.05, 0.1) is 12.6 Å². The fraction of sp³-hybridized carbons (Fsp3) is 0.733. The first-order valence-electron chi connectivity index (χ1n) is 7.67. The van der Waals surface area contributed by atoms with E-state index in [4.69, 9.17) is 0 Å². The Labute approximate surface area is 130 Å². The van der Waals surface area contributed by atoms with Crippen molar-refractivity contribution in [3.05, 3.63) is 16.1 Å². The number of urea groups is 1. The third-order valence-corrected chi connectivity index (χ3v) is 5.42. The molecule has 1 saturated carbocycles. The second-order valence-electron chi connectivity index (χ2n) is 6.03. The zero-order chi connectivity index (χ0) is 15.3. The highest BCUT2D eigenvalue weighted by Crippen LogP contribution is 2.35. The molecule has 0 aliphatic heterocycles. The molecule has 0 bridgehead atoms. The molecule has 1 fully saturated rings. The minimum atomic E-state index is -0.322. The molecule has 0 aromatic carbocycles. The second-order valence-corrected chi connectivity index (χ2v) is 7.23. The third-order valence-electron chi connectivity index (χ3n) is 4.28. The van der Waals surface area contributed by atoms with Gasteiger partial charge in [-0.1, -0.05) is 26.7 Å². The Hall–Kier alpha value is -1.14. The van der Waals surface area contributed by atoms with Crippen molar-refractivity contribution >= 4 is 17.4 Å². The molecule has 6 heteroatoms. The number of carbonyl (C=O) groups is 1. The number of thiazole rings is 1. The van der Waals surface area contributed by atoms with E-state index in [1.165, 1.54) is 4.88 Å². The van der Waals surface area contributed by atoms with E-state index < -0.39 is 0 Å². The molecule has 1 aromatic rings. The number of aliphatic hydroxyl groups excluding tert-OH is 1. The molecule has 2 atom stereocenters. The molecule has 2 unspecified atom stereocenters. The van der Waals surface area contributed by atoms with E-state index in [1.54, 1.807) is 11.3 Å². The van der Waals surface area contributed by atoms with Crippen molar-refractivity contribution in [1.29, 1.82) is 0 Å². The number of hydrogen-bond donors (Lipinski definition) is 3. The van der Waals surface area contributed by atoms with Gasteiger partial charge in [-0.3, -0.25) is 0 Å². The van der Waals surface area contributed by atoms with Crippen LogP contribution in [0.1, 0.15) is 49.4 Å². The van der Waals surface area contributed by atoms with E-state index in [-0.39, 0.29) is 17.6 Å². The van der Waals surface area contributed by atoms with Crippen LogP contribution in [0.5, 0.6) is 0 Å². The first-order chi connectivity index (χ1) is 10.0. The number of nitrogens with one attached hydrogen (secondary N) is 2. The number of carbonyl (C=O) groups excluding carboxylic acids is 1. The largest absolute Gasteiger partial charge is 0.392 e. The van der Waals surface area contributed by atoms with E-state index >= 15 is 0 Å². The highest BCUT2D eigenvalue weighted by molar-refractivity contribution is 7.11. The van der Waals surface area contributed by atoms with Crippen molar-refractivity contribution in [3.8, 4) is 0 Å². The summed E-state index contributed by atoms with van der Waals surface area (Å²) in [6, 6.07) is -0.192. The third kappa shape index (κ3) is 4.41. The Balaban J connectivity index is 1.74. The van der Waals surface area contributed by atoms with Crippen LogP contribution in [0.25, 0.3) is 0 Å². The maximum absolute atomic E-state index is 11.9. The highest BCUT2D eigenvalue weighted by Gasteiger charge is 2.35. The van der Waals surface area contributed by atoms with Gasteiger partial charge in [0.1, 0.15) is 5.01 Å². The Morgan fingerprint density at radius 2 is 2.33 bits per heavy atom. The van der Waals surface area contributed by atoms with Crippen LogP contribution < -0.4 is 10.6 Å². The fourth-order valence-electron chi connectivity index (χ4n) is 2.68. The van der Waals surface area contributed by atoms with Crippen LogP contribution in [0, 0.1) is 5.41 Å². The first kappa shape index (κ1) is 16.2. The molecule has 0 radical (unpaired) electrons. The van der Waals surface area contributed by atoms with Crippen molar-refractivity contribution in [2.24, 2.45) is 5.41 Å². The molecular formula is C15H25N3O2S. The minimum absolute atomic E-state index is 0.192. The molecule has 1 aromatic heterocycles. The molecular weight excluding hydrogens is 286 g/mol. The predicted octanol–water partition coefficient (Wildman–Crippen LogP) is 2.45. The van der Waals surface area contributed by atoms with Crippen molar-refractivity contribution in [2.45, 2.75) is 58.6 Å². The number of hydrogen-bond acceptors (Lipinski definition) is 4. The van der Waals surface area contributed by atoms with Crippen LogP contribution in [-0.2, 0) is 13.0 Å². The van der Waals surface area contributed by atoms with Crippen LogP contribution >= 0.6 is 11.3 Å². The van der Waals surface area contributed by atoms with E-state index in [1.807, 2.05) is 13.1 Å². The molecule has 5 nitrogen and oxygen atoms in total. The fourth-order valence-corrected chi connectivity index (χ4v) is 3.48. The zero-order valence-electron chi connectivity index (χ0n) is 12.8. The summed E-state index contributed by atoms with van der Waals surface area (Å²) in [5.74, 6) is 0. The van der Waals surface area contributed by atoms with Gasteiger partial charge in [-0.05, 0) is 19.3 Å². The van der Waals surface area contributed by atoms with Crippen molar-refractivity contribution in [3.63, 3.8) is 0 Å². The topological polar surface area (TPSA) is 74.2 Å². The lowest BCUT2D eigenvalue weighted by Gasteiger charge is -2.38. The average Bonchev–Trinajstić information content (AvgIpc) is 2.94. The maximum Gasteiger partial charge on any atom is 0.315 e. The molecule has 0 spiro atoms. The van der Waals surface area contributed by atoms with Crippen molar-refractivity contribution in [1.82, 2.24) is 15.6 Å². The average molecular weight is 311 g/mol. The number of aliphatic hydroxyl groups is 1. The Morgan fingerprint density at radius 3 is 3.00 bits per heavy atom. The molecule has 1 heterocycles. The molecule has 1 aliphatic rings. The predicted molar refractivity (Wildman–Crippen MR) is 84.3 cm³/mol. The lowest BCUT2D eigenvalue weighted by molar-refractivity contribution is 0.00309. The van der Waals surface area contributed by atoms with Gasteiger partial charge >= 0.3 is 6.03 Å². The van der Waals surface area contributed by atoms with Gasteiger partial charge in [0.2, 0.25) is 0 Å². The maximum atomic E-state index is 11.9. The van der Waals surface area contributed by atoms with Gasteiger partial charge in [-0.15, -0.1) is 11.3 Å². The van der Waals surface area contributed by atoms with Crippen molar-refractivity contribution in [2.75, 3.05) is 6.54 Å². The summed E-state index contributed by atoms with van der Waals surface area (Å²) >= 11 is 1.63. The van der Waals surface area contributed by atoms with Gasteiger partial charge in [-0.2, -0.15) is 0 Å². The second kappa shape index (κ2) is 7.22. The summed E-state index contributed by atoms with van der Waals surface area (Å²) in [5.41, 5.74) is -0.202. The molecule has 3 N–H and O–H groups in total.